The molecule has 0 spiro atoms. The van der Waals surface area contributed by atoms with Gasteiger partial charge in [-0.15, -0.1) is 0 Å². The van der Waals surface area contributed by atoms with Crippen LogP contribution in [0, 0.1) is 0 Å². The van der Waals surface area contributed by atoms with Crippen LogP contribution in [0.25, 0.3) is 67.2 Å². The molecule has 2 heterocycles. The van der Waals surface area contributed by atoms with Crippen molar-refractivity contribution < 1.29 is 4.42 Å². The van der Waals surface area contributed by atoms with Crippen LogP contribution in [0.2, 0.25) is 0 Å². The lowest BCUT2D eigenvalue weighted by Crippen LogP contribution is -2.31. The highest BCUT2D eigenvalue weighted by molar-refractivity contribution is 6.09. The molecule has 0 saturated carbocycles. The molecular weight excluding hydrogens is 767 g/mol. The van der Waals surface area contributed by atoms with Crippen molar-refractivity contribution in [3.05, 3.63) is 269 Å². The molecule has 1 aliphatic carbocycles. The zero-order valence-corrected chi connectivity index (χ0v) is 34.3. The summed E-state index contributed by atoms with van der Waals surface area (Å²) in [6.45, 7) is 0. The second-order valence-electron chi connectivity index (χ2n) is 16.2. The van der Waals surface area contributed by atoms with Gasteiger partial charge in [0.1, 0.15) is 11.2 Å². The highest BCUT2D eigenvalue weighted by Gasteiger charge is 2.41. The van der Waals surface area contributed by atoms with Crippen LogP contribution >= 0.6 is 0 Å². The lowest BCUT2D eigenvalue weighted by Gasteiger charge is -2.37. The predicted molar refractivity (Wildman–Crippen MR) is 255 cm³/mol. The van der Waals surface area contributed by atoms with Gasteiger partial charge in [0, 0.05) is 38.9 Å². The highest BCUT2D eigenvalue weighted by atomic mass is 16.3. The van der Waals surface area contributed by atoms with Crippen molar-refractivity contribution in [1.82, 2.24) is 15.0 Å². The molecule has 0 N–H and O–H groups in total. The molecule has 0 amide bonds. The van der Waals surface area contributed by atoms with E-state index in [2.05, 4.69) is 164 Å². The van der Waals surface area contributed by atoms with E-state index in [1.807, 2.05) is 66.7 Å². The van der Waals surface area contributed by atoms with Gasteiger partial charge in [0.25, 0.3) is 0 Å². The van der Waals surface area contributed by atoms with Crippen molar-refractivity contribution in [1.29, 1.82) is 0 Å². The Balaban J connectivity index is 1.09. The average molecular weight is 806 g/mol. The van der Waals surface area contributed by atoms with Crippen LogP contribution in [-0.2, 0) is 5.41 Å². The summed E-state index contributed by atoms with van der Waals surface area (Å²) in [7, 11) is 0. The van der Waals surface area contributed by atoms with Crippen molar-refractivity contribution in [2.45, 2.75) is 11.3 Å². The van der Waals surface area contributed by atoms with Gasteiger partial charge < -0.3 is 4.42 Å². The van der Waals surface area contributed by atoms with Crippen molar-refractivity contribution >= 4 is 21.9 Å². The Morgan fingerprint density at radius 3 is 1.46 bits per heavy atom. The molecule has 296 valence electrons. The minimum Gasteiger partial charge on any atom is -0.456 e. The zero-order chi connectivity index (χ0) is 41.7. The van der Waals surface area contributed by atoms with Gasteiger partial charge in [-0.2, -0.15) is 0 Å². The largest absolute Gasteiger partial charge is 0.456 e. The molecule has 0 aliphatic heterocycles. The van der Waals surface area contributed by atoms with Gasteiger partial charge in [0.05, 0.1) is 5.41 Å². The van der Waals surface area contributed by atoms with Crippen LogP contribution in [0.15, 0.2) is 235 Å². The van der Waals surface area contributed by atoms with Gasteiger partial charge in [-0.25, -0.2) is 15.0 Å². The monoisotopic (exact) mass is 805 g/mol. The molecule has 4 nitrogen and oxygen atoms in total. The van der Waals surface area contributed by atoms with Crippen LogP contribution < -0.4 is 0 Å². The molecule has 63 heavy (non-hydrogen) atoms. The van der Waals surface area contributed by atoms with Crippen LogP contribution in [0.1, 0.15) is 44.9 Å². The topological polar surface area (TPSA) is 51.8 Å². The molecule has 1 atom stereocenters. The van der Waals surface area contributed by atoms with Crippen molar-refractivity contribution in [3.63, 3.8) is 0 Å². The molecule has 1 unspecified atom stereocenters. The first-order chi connectivity index (χ1) is 31.2. The quantitative estimate of drug-likeness (QED) is 0.144. The van der Waals surface area contributed by atoms with E-state index < -0.39 is 5.41 Å². The third-order valence-corrected chi connectivity index (χ3v) is 12.8. The number of hydrogen-bond acceptors (Lipinski definition) is 4. The molecule has 2 aromatic heterocycles. The summed E-state index contributed by atoms with van der Waals surface area (Å²) in [5, 5.41) is 2.23. The summed E-state index contributed by atoms with van der Waals surface area (Å²) < 4.78 is 6.90. The van der Waals surface area contributed by atoms with E-state index in [-0.39, 0.29) is 5.92 Å². The highest BCUT2D eigenvalue weighted by Crippen LogP contribution is 2.55. The predicted octanol–water partition coefficient (Wildman–Crippen LogP) is 14.3. The Bertz CT molecular complexity index is 3280. The van der Waals surface area contributed by atoms with Gasteiger partial charge in [-0.3, -0.25) is 0 Å². The third kappa shape index (κ3) is 6.02. The van der Waals surface area contributed by atoms with E-state index in [0.29, 0.717) is 17.5 Å². The fourth-order valence-electron chi connectivity index (χ4n) is 9.97. The number of benzene rings is 9. The van der Waals surface area contributed by atoms with Crippen molar-refractivity contribution in [2.75, 3.05) is 0 Å². The zero-order valence-electron chi connectivity index (χ0n) is 34.3. The molecule has 0 saturated heterocycles. The maximum absolute atomic E-state index is 6.90. The number of furan rings is 1. The Morgan fingerprint density at radius 1 is 0.365 bits per heavy atom. The normalized spacial score (nSPS) is 13.2. The summed E-state index contributed by atoms with van der Waals surface area (Å²) in [6, 6.07) is 81.9. The molecule has 11 aromatic rings. The number of rotatable bonds is 8. The smallest absolute Gasteiger partial charge is 0.164 e. The second kappa shape index (κ2) is 15.1. The van der Waals surface area contributed by atoms with Crippen LogP contribution in [0.5, 0.6) is 0 Å². The number of aromatic nitrogens is 3. The minimum absolute atomic E-state index is 0.128. The minimum atomic E-state index is -0.591. The first kappa shape index (κ1) is 36.6. The van der Waals surface area contributed by atoms with Crippen LogP contribution in [0.3, 0.4) is 0 Å². The van der Waals surface area contributed by atoms with E-state index in [4.69, 9.17) is 19.4 Å². The fourth-order valence-corrected chi connectivity index (χ4v) is 9.97. The fraction of sp³-hybridized carbons (Fsp3) is 0.0339. The van der Waals surface area contributed by atoms with E-state index in [0.717, 1.165) is 44.2 Å². The van der Waals surface area contributed by atoms with Gasteiger partial charge in [-0.05, 0) is 68.8 Å². The maximum atomic E-state index is 6.90. The molecule has 9 aromatic carbocycles. The van der Waals surface area contributed by atoms with E-state index in [1.54, 1.807) is 0 Å². The van der Waals surface area contributed by atoms with Crippen LogP contribution in [0.4, 0.5) is 0 Å². The SMILES string of the molecule is c1ccc(-c2nc(-c3ccccc3)nc(-c3cccc(C4c5ccc(C(c6ccccc6)(c6ccccc6)c6ccccc6)cc5-c5ccc6c(oc7ccccc76)c54)c3)n2)cc1. The van der Waals surface area contributed by atoms with Crippen molar-refractivity contribution in [3.8, 4) is 45.3 Å². The number of nitrogens with zero attached hydrogens (tertiary/aromatic N) is 3. The molecule has 0 fully saturated rings. The number of para-hydroxylation sites is 1. The lowest BCUT2D eigenvalue weighted by molar-refractivity contribution is 0.662. The van der Waals surface area contributed by atoms with E-state index in [9.17, 15) is 0 Å². The van der Waals surface area contributed by atoms with Crippen molar-refractivity contribution in [2.24, 2.45) is 0 Å². The molecule has 0 bridgehead atoms. The first-order valence-electron chi connectivity index (χ1n) is 21.5. The number of fused-ring (bicyclic) bond motifs is 7. The molecule has 0 radical (unpaired) electrons. The maximum Gasteiger partial charge on any atom is 0.164 e. The Labute approximate surface area is 365 Å². The van der Waals surface area contributed by atoms with Gasteiger partial charge in [0.15, 0.2) is 17.5 Å². The summed E-state index contributed by atoms with van der Waals surface area (Å²) in [5.41, 5.74) is 14.7. The van der Waals surface area contributed by atoms with Crippen LogP contribution in [-0.4, -0.2) is 15.0 Å². The Morgan fingerprint density at radius 2 is 0.873 bits per heavy atom. The van der Waals surface area contributed by atoms with Gasteiger partial charge in [-0.1, -0.05) is 206 Å². The Hall–Kier alpha value is -8.21. The lowest BCUT2D eigenvalue weighted by atomic mass is 9.64. The Kier molecular flexibility index (Phi) is 8.75. The molecule has 1 aliphatic rings. The average Bonchev–Trinajstić information content (AvgIpc) is 3.92. The number of hydrogen-bond donors (Lipinski definition) is 0. The van der Waals surface area contributed by atoms with Gasteiger partial charge >= 0.3 is 0 Å². The van der Waals surface area contributed by atoms with Gasteiger partial charge in [0.2, 0.25) is 0 Å². The summed E-state index contributed by atoms with van der Waals surface area (Å²) in [4.78, 5) is 15.2. The van der Waals surface area contributed by atoms with E-state index in [1.165, 1.54) is 44.5 Å². The summed E-state index contributed by atoms with van der Waals surface area (Å²) in [5.74, 6) is 1.77. The second-order valence-corrected chi connectivity index (χ2v) is 16.2. The molecule has 4 heteroatoms. The van der Waals surface area contributed by atoms with E-state index >= 15 is 0 Å². The standard InChI is InChI=1S/C59H39N3O/c1-6-19-39(20-7-1)56-60-57(40-21-8-2-9-22-40)62-58(61-56)42-24-18-23-41(37-42)53-48-34-33-46(38-51(48)49-35-36-50-47-31-16-17-32-52(47)63-55(50)54(49)53)59(43-25-10-3-11-26-43,44-27-12-4-13-28-44)45-29-14-5-15-30-45/h1-38,53H. The summed E-state index contributed by atoms with van der Waals surface area (Å²) in [6.07, 6.45) is 0. The summed E-state index contributed by atoms with van der Waals surface area (Å²) >= 11 is 0. The molecular formula is C59H39N3O. The first-order valence-corrected chi connectivity index (χ1v) is 21.5. The third-order valence-electron chi connectivity index (χ3n) is 12.8. The molecule has 12 rings (SSSR count).